The minimum absolute atomic E-state index is 0.0747. The Kier molecular flexibility index (Phi) is 6.49. The summed E-state index contributed by atoms with van der Waals surface area (Å²) in [5, 5.41) is 0.360. The molecule has 168 valence electrons. The van der Waals surface area contributed by atoms with E-state index in [2.05, 4.69) is 0 Å². The van der Waals surface area contributed by atoms with Gasteiger partial charge in [-0.1, -0.05) is 6.07 Å². The molecular formula is C22H28N2O7. The molecule has 31 heavy (non-hydrogen) atoms. The SMILES string of the molecule is COC(=O)c1ccc2c(C(=O)N(C)C(=O)OC(C)(C)C)cn(C(=O)OC(C)(C)C)c2c1. The third-order valence-electron chi connectivity index (χ3n) is 4.02. The summed E-state index contributed by atoms with van der Waals surface area (Å²) in [6.45, 7) is 10.2. The second kappa shape index (κ2) is 8.41. The first-order valence-electron chi connectivity index (χ1n) is 9.62. The van der Waals surface area contributed by atoms with E-state index in [9.17, 15) is 19.2 Å². The number of fused-ring (bicyclic) bond motifs is 1. The van der Waals surface area contributed by atoms with Crippen LogP contribution in [-0.2, 0) is 14.2 Å². The highest BCUT2D eigenvalue weighted by Gasteiger charge is 2.29. The largest absolute Gasteiger partial charge is 0.465 e. The zero-order valence-corrected chi connectivity index (χ0v) is 19.1. The van der Waals surface area contributed by atoms with Crippen molar-refractivity contribution in [2.75, 3.05) is 14.2 Å². The Morgan fingerprint density at radius 1 is 0.935 bits per heavy atom. The zero-order chi connectivity index (χ0) is 23.7. The molecule has 0 aliphatic rings. The predicted octanol–water partition coefficient (Wildman–Crippen LogP) is 4.22. The molecule has 0 radical (unpaired) electrons. The molecule has 2 aromatic rings. The Hall–Kier alpha value is -3.36. The Balaban J connectivity index is 2.59. The van der Waals surface area contributed by atoms with Gasteiger partial charge in [0.1, 0.15) is 11.2 Å². The monoisotopic (exact) mass is 432 g/mol. The van der Waals surface area contributed by atoms with Gasteiger partial charge in [-0.15, -0.1) is 0 Å². The van der Waals surface area contributed by atoms with E-state index < -0.39 is 35.3 Å². The number of amides is 2. The third-order valence-corrected chi connectivity index (χ3v) is 4.02. The van der Waals surface area contributed by atoms with E-state index in [1.54, 1.807) is 41.5 Å². The summed E-state index contributed by atoms with van der Waals surface area (Å²) < 4.78 is 16.5. The van der Waals surface area contributed by atoms with Crippen molar-refractivity contribution in [1.29, 1.82) is 0 Å². The number of aromatic nitrogens is 1. The summed E-state index contributed by atoms with van der Waals surface area (Å²) in [5.74, 6) is -1.27. The number of hydrogen-bond acceptors (Lipinski definition) is 7. The molecule has 0 unspecified atom stereocenters. The van der Waals surface area contributed by atoms with Crippen LogP contribution in [0, 0.1) is 0 Å². The molecule has 1 heterocycles. The van der Waals surface area contributed by atoms with Crippen molar-refractivity contribution in [1.82, 2.24) is 9.47 Å². The lowest BCUT2D eigenvalue weighted by atomic mass is 10.1. The number of methoxy groups -OCH3 is 1. The van der Waals surface area contributed by atoms with Crippen molar-refractivity contribution >= 4 is 35.0 Å². The van der Waals surface area contributed by atoms with Crippen molar-refractivity contribution in [3.8, 4) is 0 Å². The number of hydrogen-bond donors (Lipinski definition) is 0. The minimum Gasteiger partial charge on any atom is -0.465 e. The van der Waals surface area contributed by atoms with Crippen LogP contribution >= 0.6 is 0 Å². The van der Waals surface area contributed by atoms with Gasteiger partial charge < -0.3 is 14.2 Å². The predicted molar refractivity (Wildman–Crippen MR) is 113 cm³/mol. The van der Waals surface area contributed by atoms with Gasteiger partial charge in [-0.05, 0) is 53.7 Å². The van der Waals surface area contributed by atoms with Gasteiger partial charge in [0.25, 0.3) is 5.91 Å². The minimum atomic E-state index is -0.832. The second-order valence-electron chi connectivity index (χ2n) is 8.96. The quantitative estimate of drug-likeness (QED) is 0.517. The molecule has 0 atom stereocenters. The van der Waals surface area contributed by atoms with Gasteiger partial charge in [-0.25, -0.2) is 19.3 Å². The van der Waals surface area contributed by atoms with Crippen LogP contribution in [0.1, 0.15) is 62.3 Å². The summed E-state index contributed by atoms with van der Waals surface area (Å²) in [4.78, 5) is 50.9. The van der Waals surface area contributed by atoms with Gasteiger partial charge in [0, 0.05) is 18.6 Å². The summed E-state index contributed by atoms with van der Waals surface area (Å²) in [6, 6.07) is 4.41. The van der Waals surface area contributed by atoms with Gasteiger partial charge in [0.05, 0.1) is 23.8 Å². The highest BCUT2D eigenvalue weighted by atomic mass is 16.6. The van der Waals surface area contributed by atoms with E-state index in [-0.39, 0.29) is 16.6 Å². The standard InChI is InChI=1S/C22H28N2O7/c1-21(2,3)30-19(27)23(7)17(25)15-12-24(20(28)31-22(4,5)6)16-11-13(18(26)29-8)9-10-14(15)16/h9-12H,1-8H3. The molecule has 9 heteroatoms. The first-order chi connectivity index (χ1) is 14.1. The molecular weight excluding hydrogens is 404 g/mol. The molecule has 0 spiro atoms. The zero-order valence-electron chi connectivity index (χ0n) is 19.1. The van der Waals surface area contributed by atoms with Crippen LogP contribution in [0.15, 0.2) is 24.4 Å². The van der Waals surface area contributed by atoms with E-state index in [0.29, 0.717) is 5.39 Å². The van der Waals surface area contributed by atoms with Gasteiger partial charge in [0.2, 0.25) is 0 Å². The number of rotatable bonds is 2. The molecule has 9 nitrogen and oxygen atoms in total. The highest BCUT2D eigenvalue weighted by molar-refractivity contribution is 6.13. The van der Waals surface area contributed by atoms with Crippen molar-refractivity contribution in [2.45, 2.75) is 52.7 Å². The Labute approximate surface area is 180 Å². The smallest absolute Gasteiger partial charge is 0.419 e. The summed E-state index contributed by atoms with van der Waals surface area (Å²) in [5.41, 5.74) is -1.04. The normalized spacial score (nSPS) is 11.7. The summed E-state index contributed by atoms with van der Waals surface area (Å²) >= 11 is 0. The van der Waals surface area contributed by atoms with Crippen LogP contribution in [0.5, 0.6) is 0 Å². The Morgan fingerprint density at radius 3 is 2.03 bits per heavy atom. The molecule has 2 rings (SSSR count). The number of imide groups is 1. The molecule has 0 saturated carbocycles. The fourth-order valence-corrected chi connectivity index (χ4v) is 2.70. The maximum Gasteiger partial charge on any atom is 0.419 e. The molecule has 1 aromatic carbocycles. The molecule has 0 fully saturated rings. The number of esters is 1. The number of benzene rings is 1. The van der Waals surface area contributed by atoms with Crippen LogP contribution in [0.25, 0.3) is 10.9 Å². The average Bonchev–Trinajstić information content (AvgIpc) is 3.02. The van der Waals surface area contributed by atoms with Crippen LogP contribution in [-0.4, -0.2) is 58.9 Å². The maximum atomic E-state index is 13.1. The highest BCUT2D eigenvalue weighted by Crippen LogP contribution is 2.26. The van der Waals surface area contributed by atoms with Gasteiger partial charge in [-0.2, -0.15) is 0 Å². The lowest BCUT2D eigenvalue weighted by molar-refractivity contribution is 0.0285. The molecule has 0 saturated heterocycles. The third kappa shape index (κ3) is 5.62. The van der Waals surface area contributed by atoms with Gasteiger partial charge in [-0.3, -0.25) is 9.36 Å². The molecule has 0 aliphatic heterocycles. The van der Waals surface area contributed by atoms with Crippen molar-refractivity contribution in [2.24, 2.45) is 0 Å². The van der Waals surface area contributed by atoms with Crippen molar-refractivity contribution < 1.29 is 33.4 Å². The number of carbonyl (C=O) groups excluding carboxylic acids is 4. The molecule has 1 aromatic heterocycles. The van der Waals surface area contributed by atoms with Crippen LogP contribution in [0.3, 0.4) is 0 Å². The first-order valence-corrected chi connectivity index (χ1v) is 9.62. The number of ether oxygens (including phenoxy) is 3. The van der Waals surface area contributed by atoms with E-state index in [1.807, 2.05) is 0 Å². The fourth-order valence-electron chi connectivity index (χ4n) is 2.70. The molecule has 0 N–H and O–H groups in total. The maximum absolute atomic E-state index is 13.1. The van der Waals surface area contributed by atoms with E-state index in [1.165, 1.54) is 38.6 Å². The summed E-state index contributed by atoms with van der Waals surface area (Å²) in [6.07, 6.45) is -0.288. The summed E-state index contributed by atoms with van der Waals surface area (Å²) in [7, 11) is 2.53. The lowest BCUT2D eigenvalue weighted by Gasteiger charge is -2.23. The molecule has 2 amide bonds. The van der Waals surface area contributed by atoms with E-state index in [4.69, 9.17) is 14.2 Å². The molecule has 0 bridgehead atoms. The Morgan fingerprint density at radius 2 is 1.52 bits per heavy atom. The first kappa shape index (κ1) is 23.9. The Bertz CT molecular complexity index is 1040. The van der Waals surface area contributed by atoms with Crippen molar-refractivity contribution in [3.63, 3.8) is 0 Å². The van der Waals surface area contributed by atoms with Crippen LogP contribution in [0.4, 0.5) is 9.59 Å². The number of carbonyl (C=O) groups is 4. The van der Waals surface area contributed by atoms with Crippen LogP contribution in [0.2, 0.25) is 0 Å². The lowest BCUT2D eigenvalue weighted by Crippen LogP contribution is -2.38. The molecule has 0 aliphatic carbocycles. The second-order valence-corrected chi connectivity index (χ2v) is 8.96. The van der Waals surface area contributed by atoms with E-state index >= 15 is 0 Å². The topological polar surface area (TPSA) is 104 Å². The number of nitrogens with zero attached hydrogens (tertiary/aromatic N) is 2. The van der Waals surface area contributed by atoms with Gasteiger partial charge in [0.15, 0.2) is 0 Å². The van der Waals surface area contributed by atoms with Gasteiger partial charge >= 0.3 is 18.2 Å². The van der Waals surface area contributed by atoms with Crippen molar-refractivity contribution in [3.05, 3.63) is 35.5 Å². The van der Waals surface area contributed by atoms with Crippen LogP contribution < -0.4 is 0 Å². The average molecular weight is 432 g/mol. The van der Waals surface area contributed by atoms with E-state index in [0.717, 1.165) is 9.47 Å². The fraction of sp³-hybridized carbons (Fsp3) is 0.455.